The van der Waals surface area contributed by atoms with Gasteiger partial charge in [0.2, 0.25) is 0 Å². The van der Waals surface area contributed by atoms with Crippen molar-refractivity contribution >= 4 is 27.5 Å². The van der Waals surface area contributed by atoms with Crippen LogP contribution in [0.15, 0.2) is 28.9 Å². The number of nitrogens with one attached hydrogen (secondary N) is 1. The summed E-state index contributed by atoms with van der Waals surface area (Å²) in [6.45, 7) is 2.72. The molecule has 0 radical (unpaired) electrons. The molecular weight excluding hydrogens is 333 g/mol. The summed E-state index contributed by atoms with van der Waals surface area (Å²) >= 11 is 9.48. The molecule has 3 nitrogen and oxygen atoms in total. The van der Waals surface area contributed by atoms with E-state index in [1.54, 1.807) is 16.9 Å². The van der Waals surface area contributed by atoms with Gasteiger partial charge in [-0.3, -0.25) is 4.68 Å². The molecule has 0 fully saturated rings. The second kappa shape index (κ2) is 6.03. The first kappa shape index (κ1) is 14.5. The van der Waals surface area contributed by atoms with Crippen LogP contribution in [-0.4, -0.2) is 16.3 Å². The highest BCUT2D eigenvalue weighted by Crippen LogP contribution is 2.33. The Kier molecular flexibility index (Phi) is 4.60. The number of aromatic nitrogens is 2. The summed E-state index contributed by atoms with van der Waals surface area (Å²) in [6.07, 6.45) is 1.59. The lowest BCUT2D eigenvalue weighted by atomic mass is 10.0. The van der Waals surface area contributed by atoms with Crippen LogP contribution in [0.25, 0.3) is 0 Å². The van der Waals surface area contributed by atoms with Crippen molar-refractivity contribution in [3.8, 4) is 0 Å². The fourth-order valence-corrected chi connectivity index (χ4v) is 2.81. The lowest BCUT2D eigenvalue weighted by Gasteiger charge is -2.20. The Balaban J connectivity index is 2.55. The van der Waals surface area contributed by atoms with Gasteiger partial charge >= 0.3 is 0 Å². The molecule has 19 heavy (non-hydrogen) atoms. The summed E-state index contributed by atoms with van der Waals surface area (Å²) in [6, 6.07) is 4.75. The topological polar surface area (TPSA) is 29.9 Å². The molecule has 0 saturated heterocycles. The van der Waals surface area contributed by atoms with E-state index in [0.717, 1.165) is 17.8 Å². The standard InChI is InChI=1S/C13H14BrClFN3/c1-3-17-12(13-9(15)7-18-19(13)2)8-5-4-6-10(16)11(8)14/h4-7,12,17H,3H2,1-2H3. The van der Waals surface area contributed by atoms with Crippen molar-refractivity contribution in [1.29, 1.82) is 0 Å². The summed E-state index contributed by atoms with van der Waals surface area (Å²) in [5.74, 6) is -0.293. The quantitative estimate of drug-likeness (QED) is 0.915. The van der Waals surface area contributed by atoms with E-state index < -0.39 is 0 Å². The van der Waals surface area contributed by atoms with Crippen molar-refractivity contribution in [3.63, 3.8) is 0 Å². The normalized spacial score (nSPS) is 12.7. The predicted octanol–water partition coefficient (Wildman–Crippen LogP) is 3.67. The molecule has 1 atom stereocenters. The Bertz CT molecular complexity index is 566. The summed E-state index contributed by atoms with van der Waals surface area (Å²) < 4.78 is 15.8. The van der Waals surface area contributed by atoms with Crippen LogP contribution in [0.4, 0.5) is 4.39 Å². The Morgan fingerprint density at radius 3 is 2.84 bits per heavy atom. The van der Waals surface area contributed by atoms with Gasteiger partial charge in [0.15, 0.2) is 0 Å². The number of halogens is 3. The van der Waals surface area contributed by atoms with Gasteiger partial charge in [-0.05, 0) is 34.1 Å². The Morgan fingerprint density at radius 2 is 2.26 bits per heavy atom. The molecule has 2 aromatic rings. The number of hydrogen-bond donors (Lipinski definition) is 1. The molecular formula is C13H14BrClFN3. The molecule has 0 saturated carbocycles. The third kappa shape index (κ3) is 2.83. The molecule has 0 spiro atoms. The third-order valence-corrected chi connectivity index (χ3v) is 4.04. The average molecular weight is 347 g/mol. The van der Waals surface area contributed by atoms with Gasteiger partial charge in [-0.15, -0.1) is 0 Å². The summed E-state index contributed by atoms with van der Waals surface area (Å²) in [7, 11) is 1.82. The molecule has 1 aromatic carbocycles. The second-order valence-electron chi connectivity index (χ2n) is 4.14. The number of rotatable bonds is 4. The highest BCUT2D eigenvalue weighted by molar-refractivity contribution is 9.10. The SMILES string of the molecule is CCNC(c1cccc(F)c1Br)c1c(Cl)cnn1C. The summed E-state index contributed by atoms with van der Waals surface area (Å²) in [4.78, 5) is 0. The van der Waals surface area contributed by atoms with E-state index in [1.165, 1.54) is 6.07 Å². The fourth-order valence-electron chi connectivity index (χ4n) is 2.05. The van der Waals surface area contributed by atoms with Gasteiger partial charge in [0.1, 0.15) is 5.82 Å². The Labute approximate surface area is 124 Å². The van der Waals surface area contributed by atoms with Crippen molar-refractivity contribution in [2.75, 3.05) is 6.54 Å². The molecule has 102 valence electrons. The van der Waals surface area contributed by atoms with E-state index in [9.17, 15) is 4.39 Å². The molecule has 6 heteroatoms. The predicted molar refractivity (Wildman–Crippen MR) is 77.8 cm³/mol. The van der Waals surface area contributed by atoms with Crippen LogP contribution in [-0.2, 0) is 7.05 Å². The molecule has 1 aromatic heterocycles. The molecule has 2 rings (SSSR count). The van der Waals surface area contributed by atoms with Gasteiger partial charge in [0, 0.05) is 7.05 Å². The summed E-state index contributed by atoms with van der Waals surface area (Å²) in [5.41, 5.74) is 1.61. The molecule has 0 amide bonds. The van der Waals surface area contributed by atoms with E-state index in [-0.39, 0.29) is 11.9 Å². The van der Waals surface area contributed by atoms with Gasteiger partial charge in [0.25, 0.3) is 0 Å². The van der Waals surface area contributed by atoms with Gasteiger partial charge in [-0.25, -0.2) is 4.39 Å². The smallest absolute Gasteiger partial charge is 0.137 e. The van der Waals surface area contributed by atoms with E-state index in [4.69, 9.17) is 11.6 Å². The number of hydrogen-bond acceptors (Lipinski definition) is 2. The average Bonchev–Trinajstić information content (AvgIpc) is 2.70. The first-order chi connectivity index (χ1) is 9.06. The van der Waals surface area contributed by atoms with Crippen LogP contribution < -0.4 is 5.32 Å². The third-order valence-electron chi connectivity index (χ3n) is 2.91. The van der Waals surface area contributed by atoms with Crippen LogP contribution in [0.1, 0.15) is 24.2 Å². The van der Waals surface area contributed by atoms with Crippen LogP contribution in [0.5, 0.6) is 0 Å². The maximum Gasteiger partial charge on any atom is 0.137 e. The van der Waals surface area contributed by atoms with Crippen LogP contribution in [0, 0.1) is 5.82 Å². The van der Waals surface area contributed by atoms with E-state index in [2.05, 4.69) is 26.3 Å². The van der Waals surface area contributed by atoms with Gasteiger partial charge in [-0.1, -0.05) is 30.7 Å². The van der Waals surface area contributed by atoms with Gasteiger partial charge in [0.05, 0.1) is 27.4 Å². The van der Waals surface area contributed by atoms with Crippen molar-refractivity contribution in [2.45, 2.75) is 13.0 Å². The van der Waals surface area contributed by atoms with Gasteiger partial charge in [-0.2, -0.15) is 5.10 Å². The lowest BCUT2D eigenvalue weighted by Crippen LogP contribution is -2.25. The monoisotopic (exact) mass is 345 g/mol. The van der Waals surface area contributed by atoms with E-state index in [0.29, 0.717) is 9.50 Å². The van der Waals surface area contributed by atoms with Gasteiger partial charge < -0.3 is 5.32 Å². The van der Waals surface area contributed by atoms with Crippen LogP contribution in [0.3, 0.4) is 0 Å². The van der Waals surface area contributed by atoms with Crippen molar-refractivity contribution in [2.24, 2.45) is 7.05 Å². The van der Waals surface area contributed by atoms with E-state index in [1.807, 2.05) is 20.0 Å². The zero-order valence-corrected chi connectivity index (χ0v) is 13.0. The molecule has 1 heterocycles. The highest BCUT2D eigenvalue weighted by Gasteiger charge is 2.23. The lowest BCUT2D eigenvalue weighted by molar-refractivity contribution is 0.561. The van der Waals surface area contributed by atoms with Crippen molar-refractivity contribution in [1.82, 2.24) is 15.1 Å². The molecule has 1 N–H and O–H groups in total. The largest absolute Gasteiger partial charge is 0.305 e. The minimum absolute atomic E-state index is 0.213. The molecule has 0 aliphatic carbocycles. The minimum Gasteiger partial charge on any atom is -0.305 e. The maximum atomic E-state index is 13.7. The highest BCUT2D eigenvalue weighted by atomic mass is 79.9. The van der Waals surface area contributed by atoms with Crippen LogP contribution >= 0.6 is 27.5 Å². The maximum absolute atomic E-state index is 13.7. The Morgan fingerprint density at radius 1 is 1.53 bits per heavy atom. The molecule has 1 unspecified atom stereocenters. The molecule has 0 aliphatic rings. The number of aryl methyl sites for hydroxylation is 1. The first-order valence-electron chi connectivity index (χ1n) is 5.91. The second-order valence-corrected chi connectivity index (χ2v) is 5.34. The van der Waals surface area contributed by atoms with Crippen molar-refractivity contribution < 1.29 is 4.39 Å². The summed E-state index contributed by atoms with van der Waals surface area (Å²) in [5, 5.41) is 8.00. The zero-order chi connectivity index (χ0) is 14.0. The van der Waals surface area contributed by atoms with E-state index >= 15 is 0 Å². The number of benzene rings is 1. The molecule has 0 bridgehead atoms. The molecule has 0 aliphatic heterocycles. The van der Waals surface area contributed by atoms with Crippen LogP contribution in [0.2, 0.25) is 5.02 Å². The first-order valence-corrected chi connectivity index (χ1v) is 7.08. The fraction of sp³-hybridized carbons (Fsp3) is 0.308. The Hall–Kier alpha value is -0.910. The number of nitrogens with zero attached hydrogens (tertiary/aromatic N) is 2. The zero-order valence-electron chi connectivity index (χ0n) is 10.6. The minimum atomic E-state index is -0.293. The van der Waals surface area contributed by atoms with Crippen molar-refractivity contribution in [3.05, 3.63) is 51.0 Å².